The van der Waals surface area contributed by atoms with Gasteiger partial charge in [-0.15, -0.1) is 0 Å². The molecule has 0 unspecified atom stereocenters. The highest BCUT2D eigenvalue weighted by molar-refractivity contribution is 7.46. The molecule has 2 aromatic carbocycles. The standard InChI is InChI=1S/C29H33O16P/c1-11-38-9-20-27(42-11)23(30)24(31)29(43-20)44-25-14-7-17-16(40-10-41-17)6-13(14)21(22-15(25)8-39-28(22)32)12-4-18(36-2)26(19(5-12)37-3)45-46(33,34)35/h4-7,11,15,20-25,27,29-31H,8-10H2,1-3H3,(H2,33,34,35)/t11-,15+,20-,21-,22+,23-,24-,25-,27-,29+/m1/s1/i2D3,3D3,8D2,9D2,10D2,21D. The van der Waals surface area contributed by atoms with Crippen molar-refractivity contribution in [1.29, 1.82) is 0 Å². The molecule has 10 atom stereocenters. The fraction of sp³-hybridized carbons (Fsp3) is 0.552. The Balaban J connectivity index is 1.47. The lowest BCUT2D eigenvalue weighted by Gasteiger charge is -2.47. The van der Waals surface area contributed by atoms with Gasteiger partial charge in [-0.05, 0) is 47.9 Å². The van der Waals surface area contributed by atoms with Gasteiger partial charge in [0.1, 0.15) is 27.2 Å². The van der Waals surface area contributed by atoms with E-state index < -0.39 is 143 Å². The van der Waals surface area contributed by atoms with E-state index in [0.717, 1.165) is 12.1 Å². The monoisotopic (exact) mass is 681 g/mol. The van der Waals surface area contributed by atoms with Crippen LogP contribution in [0.4, 0.5) is 0 Å². The maximum atomic E-state index is 14.0. The summed E-state index contributed by atoms with van der Waals surface area (Å²) in [5.41, 5.74) is -1.53. The van der Waals surface area contributed by atoms with Gasteiger partial charge in [0.2, 0.25) is 12.5 Å². The Morgan fingerprint density at radius 3 is 2.35 bits per heavy atom. The second-order valence-electron chi connectivity index (χ2n) is 10.6. The summed E-state index contributed by atoms with van der Waals surface area (Å²) in [5.74, 6) is -13.0. The average molecular weight is 682 g/mol. The van der Waals surface area contributed by atoms with Crippen LogP contribution in [0, 0.1) is 11.8 Å². The minimum absolute atomic E-state index is 0.365. The van der Waals surface area contributed by atoms with Crippen molar-refractivity contribution >= 4 is 13.8 Å². The van der Waals surface area contributed by atoms with E-state index in [4.69, 9.17) is 59.1 Å². The van der Waals surface area contributed by atoms with Crippen LogP contribution in [0.3, 0.4) is 0 Å². The second-order valence-corrected chi connectivity index (χ2v) is 11.7. The molecule has 17 heteroatoms. The van der Waals surface area contributed by atoms with Gasteiger partial charge in [0, 0.05) is 13.2 Å². The molecule has 0 aromatic heterocycles. The molecule has 0 spiro atoms. The van der Waals surface area contributed by atoms with Crippen LogP contribution in [0.5, 0.6) is 28.7 Å². The van der Waals surface area contributed by atoms with Gasteiger partial charge in [0.25, 0.3) is 0 Å². The summed E-state index contributed by atoms with van der Waals surface area (Å²) in [5, 5.41) is 22.3. The van der Waals surface area contributed by atoms with Gasteiger partial charge in [-0.2, -0.15) is 0 Å². The van der Waals surface area contributed by atoms with Crippen LogP contribution in [0.25, 0.3) is 0 Å². The van der Waals surface area contributed by atoms with E-state index in [9.17, 15) is 30.7 Å². The summed E-state index contributed by atoms with van der Waals surface area (Å²) in [6.45, 7) is -7.35. The van der Waals surface area contributed by atoms with Crippen molar-refractivity contribution in [3.8, 4) is 28.7 Å². The Morgan fingerprint density at radius 2 is 1.67 bits per heavy atom. The van der Waals surface area contributed by atoms with Crippen molar-refractivity contribution in [3.05, 3.63) is 41.0 Å². The maximum Gasteiger partial charge on any atom is 0.525 e. The van der Waals surface area contributed by atoms with Gasteiger partial charge >= 0.3 is 13.8 Å². The van der Waals surface area contributed by atoms with Crippen LogP contribution in [-0.4, -0.2) is 96.9 Å². The fourth-order valence-electron chi connectivity index (χ4n) is 5.95. The molecule has 3 saturated heterocycles. The van der Waals surface area contributed by atoms with Crippen LogP contribution in [0.2, 0.25) is 0 Å². The first-order valence-corrected chi connectivity index (χ1v) is 14.9. The number of carbonyl (C=O) groups is 1. The minimum Gasteiger partial charge on any atom is -0.493 e. The van der Waals surface area contributed by atoms with E-state index in [0.29, 0.717) is 12.1 Å². The van der Waals surface area contributed by atoms with Gasteiger partial charge in [0.05, 0.1) is 52.9 Å². The van der Waals surface area contributed by atoms with Crippen molar-refractivity contribution in [2.24, 2.45) is 11.8 Å². The lowest BCUT2D eigenvalue weighted by atomic mass is 9.66. The van der Waals surface area contributed by atoms with Crippen LogP contribution in [-0.2, 0) is 33.0 Å². The van der Waals surface area contributed by atoms with Gasteiger partial charge in [-0.25, -0.2) is 4.57 Å². The normalized spacial score (nSPS) is 44.2. The summed E-state index contributed by atoms with van der Waals surface area (Å²) in [6, 6.07) is 3.21. The van der Waals surface area contributed by atoms with Gasteiger partial charge in [-0.3, -0.25) is 14.6 Å². The molecule has 0 saturated carbocycles. The molecule has 4 N–H and O–H groups in total. The quantitative estimate of drug-likeness (QED) is 0.238. The predicted octanol–water partition coefficient (Wildman–Crippen LogP) is 1.10. The van der Waals surface area contributed by atoms with Gasteiger partial charge in [-0.1, -0.05) is 0 Å². The molecule has 3 fully saturated rings. The molecule has 1 aliphatic carbocycles. The Morgan fingerprint density at radius 1 is 0.978 bits per heavy atom. The average Bonchev–Trinajstić information content (AvgIpc) is 3.49. The molecule has 4 heterocycles. The number of fused-ring (bicyclic) bond motifs is 4. The lowest BCUT2D eigenvalue weighted by molar-refractivity contribution is -0.364. The first kappa shape index (κ1) is 19.6. The molecule has 16 nitrogen and oxygen atoms in total. The number of phosphoric acid groups is 1. The van der Waals surface area contributed by atoms with E-state index in [1.165, 1.54) is 6.92 Å². The zero-order valence-electron chi connectivity index (χ0n) is 36.1. The topological polar surface area (TPSA) is 207 Å². The summed E-state index contributed by atoms with van der Waals surface area (Å²) < 4.78 is 172. The predicted molar refractivity (Wildman–Crippen MR) is 149 cm³/mol. The molecular formula is C29H33O16P. The van der Waals surface area contributed by atoms with E-state index in [2.05, 4.69) is 4.52 Å². The highest BCUT2D eigenvalue weighted by Crippen LogP contribution is 2.57. The van der Waals surface area contributed by atoms with Gasteiger partial charge < -0.3 is 57.4 Å². The Hall–Kier alpha value is -3.18. The number of aliphatic hydroxyl groups excluding tert-OH is 2. The van der Waals surface area contributed by atoms with Crippen LogP contribution in [0.1, 0.15) is 53.4 Å². The number of benzene rings is 2. The lowest BCUT2D eigenvalue weighted by Crippen LogP contribution is -2.63. The maximum absolute atomic E-state index is 14.0. The zero-order chi connectivity index (χ0) is 43.8. The number of esters is 1. The Labute approximate surface area is 280 Å². The summed E-state index contributed by atoms with van der Waals surface area (Å²) >= 11 is 0. The zero-order valence-corrected chi connectivity index (χ0v) is 24.0. The van der Waals surface area contributed by atoms with Crippen molar-refractivity contribution < 1.29 is 94.3 Å². The third kappa shape index (κ3) is 5.37. The van der Waals surface area contributed by atoms with Crippen molar-refractivity contribution in [3.63, 3.8) is 0 Å². The minimum atomic E-state index is -5.68. The Bertz CT molecular complexity index is 2040. The summed E-state index contributed by atoms with van der Waals surface area (Å²) in [7, 11) is -12.6. The van der Waals surface area contributed by atoms with Crippen molar-refractivity contribution in [2.75, 3.05) is 33.9 Å². The van der Waals surface area contributed by atoms with E-state index in [1.54, 1.807) is 0 Å². The number of aliphatic hydroxyl groups is 2. The molecule has 2 aromatic rings. The van der Waals surface area contributed by atoms with Crippen LogP contribution >= 0.6 is 7.82 Å². The molecule has 0 amide bonds. The first-order chi connectivity index (χ1) is 26.8. The number of rotatable bonds is 7. The molecule has 0 bridgehead atoms. The Kier molecular flexibility index (Phi) is 5.03. The number of hydrogen-bond donors (Lipinski definition) is 4. The molecule has 0 radical (unpaired) electrons. The second kappa shape index (κ2) is 11.8. The number of methoxy groups -OCH3 is 2. The summed E-state index contributed by atoms with van der Waals surface area (Å²) in [4.78, 5) is 33.3. The fourth-order valence-corrected chi connectivity index (χ4v) is 6.37. The summed E-state index contributed by atoms with van der Waals surface area (Å²) in [6.07, 6.45) is -12.6. The number of cyclic esters (lactones) is 1. The molecule has 5 aliphatic rings. The number of phosphoric ester groups is 1. The molecule has 4 aliphatic heterocycles. The molecular weight excluding hydrogens is 635 g/mol. The van der Waals surface area contributed by atoms with Crippen LogP contribution < -0.4 is 23.5 Å². The highest BCUT2D eigenvalue weighted by atomic mass is 31.2. The smallest absolute Gasteiger partial charge is 0.493 e. The van der Waals surface area contributed by atoms with Crippen LogP contribution in [0.15, 0.2) is 24.3 Å². The van der Waals surface area contributed by atoms with Crippen molar-refractivity contribution in [1.82, 2.24) is 0 Å². The number of carbonyl (C=O) groups excluding carboxylic acids is 1. The van der Waals surface area contributed by atoms with E-state index in [1.807, 2.05) is 0 Å². The number of hydrogen-bond acceptors (Lipinski definition) is 14. The van der Waals surface area contributed by atoms with E-state index in [-0.39, 0.29) is 11.3 Å². The largest absolute Gasteiger partial charge is 0.525 e. The number of ether oxygens (including phenoxy) is 9. The van der Waals surface area contributed by atoms with Gasteiger partial charge in [0.15, 0.2) is 35.6 Å². The molecule has 7 rings (SSSR count). The SMILES string of the molecule is [2H]C([2H])([2H])Oc1cc([C@]2([2H])c3cc4c(cc3[C@@H](O[C@@H]3O[C@H]5[C@@H](O[C@H](C)OC5([2H])[2H])[C@H](O)[C@H]3O)[C@@H]3[C@@H]2C(=O)OC3([2H])[2H])OC([2H])([2H])O4)cc(OC([2H])([2H])[2H])c1OP(=O)(O)O. The first-order valence-electron chi connectivity index (χ1n) is 19.9. The molecule has 250 valence electrons. The third-order valence-electron chi connectivity index (χ3n) is 7.85. The van der Waals surface area contributed by atoms with E-state index >= 15 is 0 Å². The third-order valence-corrected chi connectivity index (χ3v) is 8.27. The highest BCUT2D eigenvalue weighted by Gasteiger charge is 2.56. The molecule has 46 heavy (non-hydrogen) atoms. The van der Waals surface area contributed by atoms with Crippen molar-refractivity contribution in [2.45, 2.75) is 55.9 Å².